The fourth-order valence-corrected chi connectivity index (χ4v) is 5.41. The van der Waals surface area contributed by atoms with E-state index in [-0.39, 0.29) is 0 Å². The van der Waals surface area contributed by atoms with E-state index in [1.54, 1.807) is 0 Å². The van der Waals surface area contributed by atoms with E-state index >= 15 is 0 Å². The fraction of sp³-hybridized carbons (Fsp3) is 1.00. The van der Waals surface area contributed by atoms with Crippen molar-refractivity contribution < 1.29 is 0 Å². The largest absolute Gasteiger partial charge is 0.0654 e. The molecule has 0 heteroatoms. The second kappa shape index (κ2) is 28.2. The Labute approximate surface area is 212 Å². The van der Waals surface area contributed by atoms with E-state index < -0.39 is 0 Å². The van der Waals surface area contributed by atoms with Crippen LogP contribution in [0.4, 0.5) is 0 Å². The van der Waals surface area contributed by atoms with Crippen molar-refractivity contribution in [3.8, 4) is 0 Å². The first kappa shape index (κ1) is 33.0. The molecule has 0 rings (SSSR count). The van der Waals surface area contributed by atoms with Gasteiger partial charge in [-0.15, -0.1) is 0 Å². The second-order valence-corrected chi connectivity index (χ2v) is 11.8. The molecule has 2 atom stereocenters. The van der Waals surface area contributed by atoms with Gasteiger partial charge in [0.15, 0.2) is 0 Å². The Kier molecular flexibility index (Phi) is 28.2. The monoisotopic (exact) mass is 465 g/mol. The summed E-state index contributed by atoms with van der Waals surface area (Å²) < 4.78 is 0. The summed E-state index contributed by atoms with van der Waals surface area (Å²) in [6, 6.07) is 0. The summed E-state index contributed by atoms with van der Waals surface area (Å²) in [5.41, 5.74) is 0. The maximum atomic E-state index is 2.50. The molecule has 0 radical (unpaired) electrons. The molecule has 0 aromatic rings. The minimum Gasteiger partial charge on any atom is -0.0654 e. The first-order valence-electron chi connectivity index (χ1n) is 16.2. The Morgan fingerprint density at radius 1 is 0.273 bits per heavy atom. The van der Waals surface area contributed by atoms with E-state index in [0.29, 0.717) is 0 Å². The highest BCUT2D eigenvalue weighted by molar-refractivity contribution is 4.58. The van der Waals surface area contributed by atoms with Gasteiger partial charge < -0.3 is 0 Å². The molecule has 0 amide bonds. The first-order valence-corrected chi connectivity index (χ1v) is 16.2. The van der Waals surface area contributed by atoms with Crippen LogP contribution in [0.1, 0.15) is 201 Å². The first-order chi connectivity index (χ1) is 16.2. The Hall–Kier alpha value is 0. The van der Waals surface area contributed by atoms with Gasteiger partial charge >= 0.3 is 0 Å². The lowest BCUT2D eigenvalue weighted by Gasteiger charge is -2.12. The third-order valence-electron chi connectivity index (χ3n) is 7.99. The van der Waals surface area contributed by atoms with Crippen LogP contribution in [0.15, 0.2) is 0 Å². The van der Waals surface area contributed by atoms with Crippen molar-refractivity contribution in [3.63, 3.8) is 0 Å². The molecule has 0 bridgehead atoms. The maximum Gasteiger partial charge on any atom is -0.0443 e. The maximum absolute atomic E-state index is 2.50. The van der Waals surface area contributed by atoms with Crippen molar-refractivity contribution >= 4 is 0 Å². The Morgan fingerprint density at radius 2 is 0.455 bits per heavy atom. The van der Waals surface area contributed by atoms with Crippen molar-refractivity contribution in [2.24, 2.45) is 11.8 Å². The predicted molar refractivity (Wildman–Crippen MR) is 154 cm³/mol. The Morgan fingerprint density at radius 3 is 0.667 bits per heavy atom. The molecule has 0 fully saturated rings. The molecule has 0 saturated heterocycles. The molecule has 0 saturated carbocycles. The molecule has 0 aliphatic carbocycles. The van der Waals surface area contributed by atoms with Gasteiger partial charge in [-0.05, 0) is 11.8 Å². The molecule has 0 spiro atoms. The molecule has 0 N–H and O–H groups in total. The van der Waals surface area contributed by atoms with E-state index in [0.717, 1.165) is 11.8 Å². The topological polar surface area (TPSA) is 0 Å². The lowest BCUT2D eigenvalue weighted by molar-refractivity contribution is 0.422. The Bertz CT molecular complexity index is 301. The average Bonchev–Trinajstić information content (AvgIpc) is 2.81. The smallest absolute Gasteiger partial charge is 0.0443 e. The van der Waals surface area contributed by atoms with E-state index in [1.165, 1.54) is 173 Å². The number of rotatable bonds is 28. The standard InChI is InChI=1S/C33H68/c1-5-7-9-11-13-16-20-24-28-32(3)30-26-22-18-15-19-23-27-31-33(4)29-25-21-17-14-12-10-8-6-2/h32-33H,5-31H2,1-4H3. The van der Waals surface area contributed by atoms with Gasteiger partial charge in [0.2, 0.25) is 0 Å². The van der Waals surface area contributed by atoms with Gasteiger partial charge in [-0.25, -0.2) is 0 Å². The van der Waals surface area contributed by atoms with Crippen LogP contribution in [0.3, 0.4) is 0 Å². The number of hydrogen-bond acceptors (Lipinski definition) is 0. The zero-order chi connectivity index (χ0) is 24.2. The quantitative estimate of drug-likeness (QED) is 0.101. The summed E-state index contributed by atoms with van der Waals surface area (Å²) in [4.78, 5) is 0. The van der Waals surface area contributed by atoms with Crippen molar-refractivity contribution in [3.05, 3.63) is 0 Å². The van der Waals surface area contributed by atoms with Crippen LogP contribution < -0.4 is 0 Å². The van der Waals surface area contributed by atoms with Crippen molar-refractivity contribution in [1.29, 1.82) is 0 Å². The highest BCUT2D eigenvalue weighted by atomic mass is 14.1. The Balaban J connectivity index is 3.23. The van der Waals surface area contributed by atoms with Crippen LogP contribution in [0.2, 0.25) is 0 Å². The van der Waals surface area contributed by atoms with Crippen molar-refractivity contribution in [2.45, 2.75) is 201 Å². The molecule has 33 heavy (non-hydrogen) atoms. The molecule has 200 valence electrons. The lowest BCUT2D eigenvalue weighted by Crippen LogP contribution is -1.96. The van der Waals surface area contributed by atoms with Gasteiger partial charge in [0.05, 0.1) is 0 Å². The van der Waals surface area contributed by atoms with E-state index in [2.05, 4.69) is 27.7 Å². The van der Waals surface area contributed by atoms with Crippen molar-refractivity contribution in [1.82, 2.24) is 0 Å². The van der Waals surface area contributed by atoms with Crippen LogP contribution in [-0.4, -0.2) is 0 Å². The van der Waals surface area contributed by atoms with E-state index in [9.17, 15) is 0 Å². The summed E-state index contributed by atoms with van der Waals surface area (Å²) in [6.45, 7) is 9.61. The average molecular weight is 465 g/mol. The number of hydrogen-bond donors (Lipinski definition) is 0. The highest BCUT2D eigenvalue weighted by Crippen LogP contribution is 2.20. The third kappa shape index (κ3) is 28.1. The van der Waals surface area contributed by atoms with Crippen LogP contribution in [-0.2, 0) is 0 Å². The SMILES string of the molecule is CCCCCCCCCCC(C)CCCCCCCCCC(C)CCCCCCCCCC. The molecule has 0 aromatic carbocycles. The molecule has 0 aromatic heterocycles. The molecule has 2 unspecified atom stereocenters. The molecule has 0 aliphatic rings. The second-order valence-electron chi connectivity index (χ2n) is 11.8. The summed E-state index contributed by atoms with van der Waals surface area (Å²) in [5.74, 6) is 1.93. The zero-order valence-electron chi connectivity index (χ0n) is 24.2. The molecular weight excluding hydrogens is 396 g/mol. The third-order valence-corrected chi connectivity index (χ3v) is 7.99. The fourth-order valence-electron chi connectivity index (χ4n) is 5.41. The highest BCUT2D eigenvalue weighted by Gasteiger charge is 2.04. The van der Waals surface area contributed by atoms with Gasteiger partial charge in [-0.1, -0.05) is 201 Å². The van der Waals surface area contributed by atoms with Gasteiger partial charge in [-0.3, -0.25) is 0 Å². The summed E-state index contributed by atoms with van der Waals surface area (Å²) in [5, 5.41) is 0. The van der Waals surface area contributed by atoms with E-state index in [1.807, 2.05) is 0 Å². The summed E-state index contributed by atoms with van der Waals surface area (Å²) in [6.07, 6.45) is 39.6. The van der Waals surface area contributed by atoms with E-state index in [4.69, 9.17) is 0 Å². The minimum atomic E-state index is 0.965. The van der Waals surface area contributed by atoms with Crippen LogP contribution in [0.25, 0.3) is 0 Å². The van der Waals surface area contributed by atoms with Crippen LogP contribution in [0, 0.1) is 11.8 Å². The van der Waals surface area contributed by atoms with Crippen LogP contribution >= 0.6 is 0 Å². The number of unbranched alkanes of at least 4 members (excludes halogenated alkanes) is 20. The summed E-state index contributed by atoms with van der Waals surface area (Å²) >= 11 is 0. The zero-order valence-corrected chi connectivity index (χ0v) is 24.2. The van der Waals surface area contributed by atoms with Gasteiger partial charge in [0.1, 0.15) is 0 Å². The normalized spacial score (nSPS) is 13.5. The molecule has 0 nitrogen and oxygen atoms in total. The molecular formula is C33H68. The predicted octanol–water partition coefficient (Wildman–Crippen LogP) is 12.8. The van der Waals surface area contributed by atoms with Gasteiger partial charge in [0.25, 0.3) is 0 Å². The summed E-state index contributed by atoms with van der Waals surface area (Å²) in [7, 11) is 0. The van der Waals surface area contributed by atoms with Crippen molar-refractivity contribution in [2.75, 3.05) is 0 Å². The van der Waals surface area contributed by atoms with Crippen LogP contribution in [0.5, 0.6) is 0 Å². The van der Waals surface area contributed by atoms with Gasteiger partial charge in [0, 0.05) is 0 Å². The minimum absolute atomic E-state index is 0.965. The van der Waals surface area contributed by atoms with Gasteiger partial charge in [-0.2, -0.15) is 0 Å². The molecule has 0 aliphatic heterocycles. The lowest BCUT2D eigenvalue weighted by atomic mass is 9.95. The molecule has 0 heterocycles.